The van der Waals surface area contributed by atoms with E-state index in [2.05, 4.69) is 51.2 Å². The average Bonchev–Trinajstić information content (AvgIpc) is 3.10. The predicted octanol–water partition coefficient (Wildman–Crippen LogP) is 13.4. The number of hydrogen-bond acceptors (Lipinski definition) is 5. The van der Waals surface area contributed by atoms with Crippen LogP contribution in [-0.4, -0.2) is 68.8 Å². The van der Waals surface area contributed by atoms with Crippen molar-refractivity contribution in [3.05, 3.63) is 12.3 Å². The van der Waals surface area contributed by atoms with Gasteiger partial charge in [0.15, 0.2) is 0 Å². The summed E-state index contributed by atoms with van der Waals surface area (Å²) in [6.07, 6.45) is 38.9. The van der Waals surface area contributed by atoms with E-state index in [1.54, 1.807) is 0 Å². The molecule has 0 saturated heterocycles. The molecule has 0 aliphatic heterocycles. The number of allylic oxidation sites excluding steroid dienone is 1. The van der Waals surface area contributed by atoms with Gasteiger partial charge in [0, 0.05) is 25.9 Å². The van der Waals surface area contributed by atoms with Crippen molar-refractivity contribution in [3.63, 3.8) is 0 Å². The van der Waals surface area contributed by atoms with Crippen LogP contribution < -0.4 is 0 Å². The van der Waals surface area contributed by atoms with Crippen molar-refractivity contribution in [1.29, 1.82) is 0 Å². The van der Waals surface area contributed by atoms with Crippen LogP contribution in [-0.2, 0) is 14.3 Å². The first-order chi connectivity index (χ1) is 24.4. The quantitative estimate of drug-likeness (QED) is 0.0360. The minimum atomic E-state index is 0.00197. The Balaban J connectivity index is 4.19. The molecule has 50 heavy (non-hydrogen) atoms. The van der Waals surface area contributed by atoms with Gasteiger partial charge in [-0.15, -0.1) is 0 Å². The lowest BCUT2D eigenvalue weighted by atomic mass is 10.0. The Morgan fingerprint density at radius 1 is 0.500 bits per heavy atom. The number of nitrogens with zero attached hydrogens (tertiary/aromatic N) is 2. The number of rotatable bonds is 41. The summed E-state index contributed by atoms with van der Waals surface area (Å²) in [5, 5.41) is 0. The van der Waals surface area contributed by atoms with Gasteiger partial charge in [0.1, 0.15) is 0 Å². The summed E-state index contributed by atoms with van der Waals surface area (Å²) in [4.78, 5) is 17.0. The Morgan fingerprint density at radius 2 is 0.920 bits per heavy atom. The number of ether oxygens (including phenoxy) is 2. The largest absolute Gasteiger partial charge is 0.495 e. The van der Waals surface area contributed by atoms with Gasteiger partial charge < -0.3 is 19.3 Å². The molecule has 0 heterocycles. The highest BCUT2D eigenvalue weighted by Gasteiger charge is 2.12. The van der Waals surface area contributed by atoms with Gasteiger partial charge in [-0.1, -0.05) is 156 Å². The average molecular weight is 707 g/mol. The van der Waals surface area contributed by atoms with Crippen LogP contribution in [0.3, 0.4) is 0 Å². The predicted molar refractivity (Wildman–Crippen MR) is 220 cm³/mol. The zero-order valence-corrected chi connectivity index (χ0v) is 34.9. The van der Waals surface area contributed by atoms with Crippen LogP contribution in [0, 0.1) is 0 Å². The van der Waals surface area contributed by atoms with E-state index < -0.39 is 0 Å². The Morgan fingerprint density at radius 3 is 1.44 bits per heavy atom. The first-order valence-corrected chi connectivity index (χ1v) is 22.3. The molecule has 0 spiro atoms. The fourth-order valence-electron chi connectivity index (χ4n) is 6.83. The van der Waals surface area contributed by atoms with Crippen LogP contribution in [0.4, 0.5) is 0 Å². The molecule has 0 bridgehead atoms. The van der Waals surface area contributed by atoms with E-state index in [-0.39, 0.29) is 5.97 Å². The standard InChI is InChI=1S/C45H90N2O3/c1-7-10-13-16-19-25-33-42-49-45(48)37-30-23-20-24-31-38-47(41-40-46(5)6)39-32-26-27-34-43(4)50-44(35-28-21-17-14-11-8-2)36-29-22-18-15-12-9-3/h44H,4,7-42H2,1-3,5-6H3. The maximum Gasteiger partial charge on any atom is 0.305 e. The number of hydrogen-bond donors (Lipinski definition) is 0. The van der Waals surface area contributed by atoms with Gasteiger partial charge in [0.05, 0.1) is 18.5 Å². The molecule has 0 radical (unpaired) electrons. The molecule has 298 valence electrons. The third-order valence-corrected chi connectivity index (χ3v) is 10.3. The van der Waals surface area contributed by atoms with Crippen LogP contribution in [0.15, 0.2) is 12.3 Å². The van der Waals surface area contributed by atoms with Gasteiger partial charge in [-0.2, -0.15) is 0 Å². The lowest BCUT2D eigenvalue weighted by molar-refractivity contribution is -0.143. The summed E-state index contributed by atoms with van der Waals surface area (Å²) in [6, 6.07) is 0. The lowest BCUT2D eigenvalue weighted by Gasteiger charge is -2.24. The highest BCUT2D eigenvalue weighted by molar-refractivity contribution is 5.69. The highest BCUT2D eigenvalue weighted by Crippen LogP contribution is 2.21. The van der Waals surface area contributed by atoms with Crippen molar-refractivity contribution in [1.82, 2.24) is 9.80 Å². The summed E-state index contributed by atoms with van der Waals surface area (Å²) >= 11 is 0. The normalized spacial score (nSPS) is 11.7. The monoisotopic (exact) mass is 707 g/mol. The Hall–Kier alpha value is -1.07. The van der Waals surface area contributed by atoms with Crippen molar-refractivity contribution < 1.29 is 14.3 Å². The molecule has 0 aromatic carbocycles. The molecule has 0 rings (SSSR count). The van der Waals surface area contributed by atoms with E-state index in [4.69, 9.17) is 9.47 Å². The molecule has 0 aromatic rings. The molecule has 0 atom stereocenters. The summed E-state index contributed by atoms with van der Waals surface area (Å²) in [5.74, 6) is 1.03. The zero-order valence-electron chi connectivity index (χ0n) is 34.9. The summed E-state index contributed by atoms with van der Waals surface area (Å²) < 4.78 is 12.0. The van der Waals surface area contributed by atoms with Crippen LogP contribution >= 0.6 is 0 Å². The first-order valence-electron chi connectivity index (χ1n) is 22.3. The fraction of sp³-hybridized carbons (Fsp3) is 0.933. The van der Waals surface area contributed by atoms with E-state index >= 15 is 0 Å². The third kappa shape index (κ3) is 36.7. The molecule has 0 unspecified atom stereocenters. The molecule has 0 N–H and O–H groups in total. The van der Waals surface area contributed by atoms with Crippen molar-refractivity contribution in [2.45, 2.75) is 226 Å². The summed E-state index contributed by atoms with van der Waals surface area (Å²) in [6.45, 7) is 16.4. The van der Waals surface area contributed by atoms with E-state index in [9.17, 15) is 4.79 Å². The van der Waals surface area contributed by atoms with E-state index in [1.807, 2.05) is 0 Å². The van der Waals surface area contributed by atoms with Crippen molar-refractivity contribution in [2.75, 3.05) is 46.9 Å². The van der Waals surface area contributed by atoms with Crippen LogP contribution in [0.25, 0.3) is 0 Å². The van der Waals surface area contributed by atoms with Crippen LogP contribution in [0.5, 0.6) is 0 Å². The number of carbonyl (C=O) groups is 1. The van der Waals surface area contributed by atoms with Gasteiger partial charge in [-0.25, -0.2) is 0 Å². The molecule has 0 saturated carbocycles. The van der Waals surface area contributed by atoms with E-state index in [1.165, 1.54) is 180 Å². The molecule has 0 amide bonds. The Kier molecular flexibility index (Phi) is 38.3. The second kappa shape index (κ2) is 39.1. The Labute approximate surface area is 314 Å². The number of carbonyl (C=O) groups excluding carboxylic acids is 1. The maximum atomic E-state index is 12.1. The number of unbranched alkanes of at least 4 members (excludes halogenated alkanes) is 22. The maximum absolute atomic E-state index is 12.1. The van der Waals surface area contributed by atoms with Gasteiger partial charge in [0.25, 0.3) is 0 Å². The van der Waals surface area contributed by atoms with E-state index in [0.29, 0.717) is 19.1 Å². The first kappa shape index (κ1) is 48.9. The fourth-order valence-corrected chi connectivity index (χ4v) is 6.83. The van der Waals surface area contributed by atoms with Crippen LogP contribution in [0.1, 0.15) is 220 Å². The second-order valence-corrected chi connectivity index (χ2v) is 15.7. The second-order valence-electron chi connectivity index (χ2n) is 15.7. The van der Waals surface area contributed by atoms with Gasteiger partial charge in [0.2, 0.25) is 0 Å². The number of likely N-dealkylation sites (N-methyl/N-ethyl adjacent to an activating group) is 1. The highest BCUT2D eigenvalue weighted by atomic mass is 16.5. The van der Waals surface area contributed by atoms with Gasteiger partial charge >= 0.3 is 5.97 Å². The third-order valence-electron chi connectivity index (χ3n) is 10.3. The molecular weight excluding hydrogens is 617 g/mol. The minimum absolute atomic E-state index is 0.00197. The number of esters is 1. The van der Waals surface area contributed by atoms with Gasteiger partial charge in [-0.3, -0.25) is 4.79 Å². The smallest absolute Gasteiger partial charge is 0.305 e. The molecule has 0 aliphatic carbocycles. The topological polar surface area (TPSA) is 42.0 Å². The molecule has 0 aliphatic rings. The van der Waals surface area contributed by atoms with Crippen molar-refractivity contribution >= 4 is 5.97 Å². The Bertz CT molecular complexity index is 696. The van der Waals surface area contributed by atoms with Crippen molar-refractivity contribution in [2.24, 2.45) is 0 Å². The summed E-state index contributed by atoms with van der Waals surface area (Å²) in [5.41, 5.74) is 0. The lowest BCUT2D eigenvalue weighted by Crippen LogP contribution is -2.33. The SMILES string of the molecule is C=C(CCCCCN(CCCCCCCC(=O)OCCCCCCCCC)CCN(C)C)OC(CCCCCCCC)CCCCCCCC. The minimum Gasteiger partial charge on any atom is -0.495 e. The van der Waals surface area contributed by atoms with Crippen LogP contribution in [0.2, 0.25) is 0 Å². The molecule has 5 nitrogen and oxygen atoms in total. The van der Waals surface area contributed by atoms with E-state index in [0.717, 1.165) is 44.5 Å². The molecule has 0 aromatic heterocycles. The van der Waals surface area contributed by atoms with Gasteiger partial charge in [-0.05, 0) is 85.0 Å². The molecule has 0 fully saturated rings. The molecular formula is C45H90N2O3. The summed E-state index contributed by atoms with van der Waals surface area (Å²) in [7, 11) is 4.35. The zero-order chi connectivity index (χ0) is 36.8. The molecule has 5 heteroatoms. The van der Waals surface area contributed by atoms with Crippen molar-refractivity contribution in [3.8, 4) is 0 Å².